The zero-order chi connectivity index (χ0) is 91.3. The fourth-order valence-electron chi connectivity index (χ4n) is 17.9. The van der Waals surface area contributed by atoms with Crippen LogP contribution in [0.2, 0.25) is 0 Å². The standard InChI is InChI=1S/C47H58N6O9S3.C47H56N6O8S2/c1-28(2)37-27-63-43(50-37)36-23-41(34-17-18-40(61-5)29(3)42(34)49-36)62-33-22-38-39(54)25-47(45(56)52-65(59,60)46(4)19-20-46)24-30(47)13-10-8-7-9-11-16-35(44(55)53(38)26-33)48-31-14-12-15-32(21-31)51-64(6,57)58;1-27(2)36-26-62-43(51-36)35-22-40(33-16-17-39(60-5)28(3)41(33)50-35)61-32-21-37-38(54)24-47(45(57)52-63(58,59)46(4)18-19-46)23-30(47)13-9-7-6-8-10-15-34(44(56)53(37)25-32)49-31-14-11-12-29(20-31)42(48)55/h10,12-15,17-18,21,23,27-28,30,33,35,38,48,51H,7-9,11,16,19-20,22,24-26H2,1-6H3,(H,52,56);9,11-14,16-17,20,22,26-27,30,32,34,37,49H,6-8,10,15,18-19,21,23-25H2,1-5H3,(H2,48,55)(H,52,57)/b13-10-;13-9-/t30-,33-,35+,38+,47-;30-,32-,34+,37+,47-/m11/s1. The molecule has 2 saturated heterocycles. The molecule has 4 aromatic heterocycles. The van der Waals surface area contributed by atoms with E-state index in [1.54, 1.807) is 86.4 Å². The van der Waals surface area contributed by atoms with Gasteiger partial charge in [-0.25, -0.2) is 45.2 Å². The highest BCUT2D eigenvalue weighted by Gasteiger charge is 2.65. The molecule has 34 heteroatoms. The fourth-order valence-corrected chi connectivity index (χ4v) is 23.0. The van der Waals surface area contributed by atoms with E-state index in [2.05, 4.69) is 52.5 Å². The lowest BCUT2D eigenvalue weighted by atomic mass is 9.91. The quantitative estimate of drug-likeness (QED) is 0.0324. The maximum absolute atomic E-state index is 15.1. The van der Waals surface area contributed by atoms with E-state index in [9.17, 15) is 49.2 Å². The number of hydrogen-bond donors (Lipinski definition) is 6. The number of aromatic nitrogens is 4. The molecule has 4 aliphatic carbocycles. The highest BCUT2D eigenvalue weighted by atomic mass is 32.2. The number of nitrogens with zero attached hydrogens (tertiary/aromatic N) is 6. The summed E-state index contributed by atoms with van der Waals surface area (Å²) >= 11 is 2.98. The summed E-state index contributed by atoms with van der Waals surface area (Å²) in [5, 5.41) is 13.6. The lowest BCUT2D eigenvalue weighted by molar-refractivity contribution is -0.140. The van der Waals surface area contributed by atoms with Crippen LogP contribution < -0.4 is 49.5 Å². The molecule has 10 atom stereocenters. The Hall–Kier alpha value is -10.4. The van der Waals surface area contributed by atoms with Crippen molar-refractivity contribution in [2.45, 2.75) is 242 Å². The number of ketones is 2. The number of amides is 5. The zero-order valence-electron chi connectivity index (χ0n) is 74.1. The first-order valence-corrected chi connectivity index (χ1v) is 50.8. The molecule has 0 bridgehead atoms. The van der Waals surface area contributed by atoms with Crippen LogP contribution in [0.1, 0.15) is 215 Å². The Labute approximate surface area is 755 Å². The van der Waals surface area contributed by atoms with Gasteiger partial charge < -0.3 is 45.1 Å². The number of carbonyl (C=O) groups excluding carboxylic acids is 7. The van der Waals surface area contributed by atoms with Gasteiger partial charge in [-0.05, 0) is 189 Å². The van der Waals surface area contributed by atoms with Crippen molar-refractivity contribution in [3.05, 3.63) is 148 Å². The van der Waals surface area contributed by atoms with Gasteiger partial charge in [-0.3, -0.25) is 47.7 Å². The normalized spacial score (nSPS) is 25.3. The average Bonchev–Trinajstić information content (AvgIpc) is 1.56. The van der Waals surface area contributed by atoms with Crippen molar-refractivity contribution in [2.24, 2.45) is 28.4 Å². The van der Waals surface area contributed by atoms with E-state index in [-0.39, 0.29) is 91.4 Å². The highest BCUT2D eigenvalue weighted by molar-refractivity contribution is 7.92. The first-order valence-electron chi connectivity index (χ1n) is 44.2. The van der Waals surface area contributed by atoms with Crippen molar-refractivity contribution >= 4 is 133 Å². The van der Waals surface area contributed by atoms with Crippen molar-refractivity contribution < 1.29 is 77.8 Å². The molecule has 682 valence electrons. The van der Waals surface area contributed by atoms with Crippen LogP contribution in [-0.2, 0) is 58.8 Å². The van der Waals surface area contributed by atoms with E-state index < -0.39 is 104 Å². The molecule has 0 spiro atoms. The molecule has 128 heavy (non-hydrogen) atoms. The predicted octanol–water partition coefficient (Wildman–Crippen LogP) is 14.7. The van der Waals surface area contributed by atoms with E-state index in [4.69, 9.17) is 44.6 Å². The number of pyridine rings is 2. The number of carbonyl (C=O) groups is 7. The van der Waals surface area contributed by atoms with E-state index >= 15 is 9.59 Å². The van der Waals surface area contributed by atoms with Crippen molar-refractivity contribution in [3.63, 3.8) is 0 Å². The van der Waals surface area contributed by atoms with Gasteiger partial charge in [0.15, 0.2) is 11.6 Å². The fraction of sp³-hybridized carbons (Fsp3) is 0.500. The number of nitrogens with two attached hydrogens (primary N) is 1. The number of primary amides is 1. The number of fused-ring (bicyclic) bond motifs is 6. The average molecular weight is 1840 g/mol. The van der Waals surface area contributed by atoms with E-state index in [0.717, 1.165) is 77.7 Å². The lowest BCUT2D eigenvalue weighted by Crippen LogP contribution is -2.49. The number of anilines is 3. The number of aryl methyl sites for hydroxylation is 2. The van der Waals surface area contributed by atoms with Crippen LogP contribution in [0, 0.1) is 36.5 Å². The first-order chi connectivity index (χ1) is 60.8. The van der Waals surface area contributed by atoms with Crippen molar-refractivity contribution in [2.75, 3.05) is 48.9 Å². The van der Waals surface area contributed by atoms with E-state index in [0.29, 0.717) is 137 Å². The molecular formula is C94H114N12O17S5. The third-order valence-electron chi connectivity index (χ3n) is 26.7. The topological polar surface area (TPSA) is 403 Å². The van der Waals surface area contributed by atoms with Crippen LogP contribution in [0.3, 0.4) is 0 Å². The first kappa shape index (κ1) is 92.3. The molecule has 8 aromatic rings. The monoisotopic (exact) mass is 1840 g/mol. The van der Waals surface area contributed by atoms with E-state index in [1.165, 1.54) is 22.7 Å². The molecule has 0 radical (unpaired) electrons. The number of sulfonamides is 3. The molecule has 16 rings (SSSR count). The van der Waals surface area contributed by atoms with Crippen LogP contribution >= 0.6 is 22.7 Å². The Morgan fingerprint density at radius 2 is 0.961 bits per heavy atom. The van der Waals surface area contributed by atoms with Crippen LogP contribution in [0.5, 0.6) is 23.0 Å². The SMILES string of the molecule is COc1ccc2c(O[C@@H]3C[C@H]4C(=O)C[C@]5(C(=O)NS(=O)(=O)C6(C)CC6)C[C@H]5/C=C\CCCCC[C@H](Nc5cccc(C(N)=O)c5)C(=O)N4C3)cc(-c3nc(C(C)C)cs3)nc2c1C.COc1ccc2c(O[C@@H]3C[C@H]4C(=O)C[C@]5(C(=O)NS(=O)(=O)C6(C)CC6)C[C@H]5/C=C\CCCCC[C@H](Nc5cccc(NS(C)(=O)=O)c5)C(=O)N4C3)cc(-c3nc(C(C)C)cs3)nc2c1C. The van der Waals surface area contributed by atoms with Gasteiger partial charge >= 0.3 is 0 Å². The van der Waals surface area contributed by atoms with E-state index in [1.807, 2.05) is 85.3 Å². The summed E-state index contributed by atoms with van der Waals surface area (Å²) in [7, 11) is -8.32. The number of nitrogens with one attached hydrogen (secondary N) is 5. The number of Topliss-reactive ketones (excluding diaryl/α,β-unsaturated/α-hetero) is 2. The Balaban J connectivity index is 0.000000197. The number of hydrogen-bond acceptors (Lipinski definition) is 25. The highest BCUT2D eigenvalue weighted by Crippen LogP contribution is 2.60. The van der Waals surface area contributed by atoms with Gasteiger partial charge in [0.25, 0.3) is 0 Å². The van der Waals surface area contributed by atoms with Crippen LogP contribution in [0.15, 0.2) is 120 Å². The minimum atomic E-state index is -3.98. The lowest BCUT2D eigenvalue weighted by Gasteiger charge is -2.30. The van der Waals surface area contributed by atoms with Crippen LogP contribution in [-0.4, -0.2) is 176 Å². The molecule has 4 aliphatic heterocycles. The number of allylic oxidation sites excluding steroid dienone is 4. The van der Waals surface area contributed by atoms with Crippen molar-refractivity contribution in [1.82, 2.24) is 39.2 Å². The molecule has 8 heterocycles. The van der Waals surface area contributed by atoms with Gasteiger partial charge in [0.1, 0.15) is 68.7 Å². The third-order valence-corrected chi connectivity index (χ3v) is 33.4. The van der Waals surface area contributed by atoms with Gasteiger partial charge in [0.2, 0.25) is 59.6 Å². The molecular weight excluding hydrogens is 1730 g/mol. The Morgan fingerprint density at radius 1 is 0.539 bits per heavy atom. The molecule has 0 unspecified atom stereocenters. The molecule has 4 saturated carbocycles. The maximum Gasteiger partial charge on any atom is 0.248 e. The van der Waals surface area contributed by atoms with Crippen LogP contribution in [0.4, 0.5) is 17.1 Å². The predicted molar refractivity (Wildman–Crippen MR) is 494 cm³/mol. The van der Waals surface area contributed by atoms with Gasteiger partial charge in [0, 0.05) is 87.4 Å². The van der Waals surface area contributed by atoms with Gasteiger partial charge in [-0.15, -0.1) is 22.7 Å². The number of benzene rings is 4. The summed E-state index contributed by atoms with van der Waals surface area (Å²) < 4.78 is 108. The van der Waals surface area contributed by atoms with Crippen LogP contribution in [0.25, 0.3) is 43.2 Å². The summed E-state index contributed by atoms with van der Waals surface area (Å²) in [6, 6.07) is 20.9. The number of ether oxygens (including phenoxy) is 4. The minimum absolute atomic E-state index is 0.0430. The second kappa shape index (κ2) is 36.8. The molecule has 7 N–H and O–H groups in total. The van der Waals surface area contributed by atoms with Crippen molar-refractivity contribution in [1.29, 1.82) is 0 Å². The molecule has 4 aromatic carbocycles. The number of thiazole rings is 2. The summed E-state index contributed by atoms with van der Waals surface area (Å²) in [5.41, 5.74) is 10.8. The van der Waals surface area contributed by atoms with Gasteiger partial charge in [0.05, 0.1) is 94.1 Å². The van der Waals surface area contributed by atoms with Crippen molar-refractivity contribution in [3.8, 4) is 44.4 Å². The summed E-state index contributed by atoms with van der Waals surface area (Å²) in [6.45, 7) is 15.5. The smallest absolute Gasteiger partial charge is 0.248 e. The molecule has 29 nitrogen and oxygen atoms in total. The largest absolute Gasteiger partial charge is 0.496 e. The summed E-state index contributed by atoms with van der Waals surface area (Å²) in [5.74, 6) is -1.26. The summed E-state index contributed by atoms with van der Waals surface area (Å²) in [6.07, 6.45) is 16.8. The minimum Gasteiger partial charge on any atom is -0.496 e. The molecule has 5 amide bonds. The molecule has 8 aliphatic rings. The Kier molecular flexibility index (Phi) is 26.6. The second-order valence-corrected chi connectivity index (χ2v) is 44.8. The second-order valence-electron chi connectivity index (χ2n) is 36.9. The Bertz CT molecular complexity index is 6100. The summed E-state index contributed by atoms with van der Waals surface area (Å²) in [4.78, 5) is 123. The maximum atomic E-state index is 15.1. The zero-order valence-corrected chi connectivity index (χ0v) is 78.2. The molecule has 6 fully saturated rings. The van der Waals surface area contributed by atoms with Gasteiger partial charge in [-0.2, -0.15) is 0 Å². The third kappa shape index (κ3) is 19.8. The number of methoxy groups -OCH3 is 2. The number of rotatable bonds is 23. The Morgan fingerprint density at radius 3 is 1.36 bits per heavy atom. The van der Waals surface area contributed by atoms with Gasteiger partial charge in [-0.1, -0.05) is 89.8 Å².